The second-order valence-corrected chi connectivity index (χ2v) is 6.93. The SMILES string of the molecule is CC(C)CNC(=O)COC(=O)C(NC(=O)c1cccs1)C(C)C. The summed E-state index contributed by atoms with van der Waals surface area (Å²) in [7, 11) is 0. The van der Waals surface area contributed by atoms with E-state index < -0.39 is 12.0 Å². The van der Waals surface area contributed by atoms with Crippen molar-refractivity contribution >= 4 is 29.1 Å². The Morgan fingerprint density at radius 3 is 2.43 bits per heavy atom. The van der Waals surface area contributed by atoms with Crippen LogP contribution in [-0.4, -0.2) is 37.0 Å². The Bertz CT molecular complexity index is 526. The van der Waals surface area contributed by atoms with Gasteiger partial charge in [-0.15, -0.1) is 11.3 Å². The van der Waals surface area contributed by atoms with Gasteiger partial charge in [-0.25, -0.2) is 4.79 Å². The molecule has 7 heteroatoms. The minimum absolute atomic E-state index is 0.148. The predicted octanol–water partition coefficient (Wildman–Crippen LogP) is 1.82. The van der Waals surface area contributed by atoms with Crippen molar-refractivity contribution in [3.8, 4) is 0 Å². The molecule has 0 aromatic carbocycles. The lowest BCUT2D eigenvalue weighted by atomic mass is 10.0. The first kappa shape index (κ1) is 19.2. The zero-order valence-corrected chi connectivity index (χ0v) is 14.7. The molecule has 0 bridgehead atoms. The van der Waals surface area contributed by atoms with Gasteiger partial charge in [-0.2, -0.15) is 0 Å². The Hall–Kier alpha value is -1.89. The van der Waals surface area contributed by atoms with Crippen molar-refractivity contribution in [3.63, 3.8) is 0 Å². The van der Waals surface area contributed by atoms with Crippen molar-refractivity contribution in [1.82, 2.24) is 10.6 Å². The maximum absolute atomic E-state index is 12.1. The zero-order valence-electron chi connectivity index (χ0n) is 13.9. The Morgan fingerprint density at radius 1 is 1.22 bits per heavy atom. The van der Waals surface area contributed by atoms with Crippen LogP contribution in [0.1, 0.15) is 37.4 Å². The highest BCUT2D eigenvalue weighted by atomic mass is 32.1. The van der Waals surface area contributed by atoms with Crippen LogP contribution in [0, 0.1) is 11.8 Å². The molecule has 1 atom stereocenters. The van der Waals surface area contributed by atoms with Gasteiger partial charge in [0.15, 0.2) is 6.61 Å². The highest BCUT2D eigenvalue weighted by molar-refractivity contribution is 7.12. The van der Waals surface area contributed by atoms with E-state index in [1.165, 1.54) is 11.3 Å². The van der Waals surface area contributed by atoms with E-state index in [9.17, 15) is 14.4 Å². The number of ether oxygens (including phenoxy) is 1. The molecule has 0 aliphatic rings. The van der Waals surface area contributed by atoms with Crippen molar-refractivity contribution in [2.24, 2.45) is 11.8 Å². The molecule has 0 saturated heterocycles. The number of nitrogens with one attached hydrogen (secondary N) is 2. The van der Waals surface area contributed by atoms with Gasteiger partial charge in [0.2, 0.25) is 0 Å². The van der Waals surface area contributed by atoms with Crippen LogP contribution in [-0.2, 0) is 14.3 Å². The summed E-state index contributed by atoms with van der Waals surface area (Å²) in [4.78, 5) is 36.3. The second kappa shape index (κ2) is 9.29. The lowest BCUT2D eigenvalue weighted by Gasteiger charge is -2.20. The van der Waals surface area contributed by atoms with Crippen molar-refractivity contribution < 1.29 is 19.1 Å². The highest BCUT2D eigenvalue weighted by Crippen LogP contribution is 2.11. The maximum atomic E-state index is 12.1. The third-order valence-corrected chi connectivity index (χ3v) is 3.87. The summed E-state index contributed by atoms with van der Waals surface area (Å²) >= 11 is 1.30. The van der Waals surface area contributed by atoms with E-state index in [-0.39, 0.29) is 24.3 Å². The summed E-state index contributed by atoms with van der Waals surface area (Å²) in [6.07, 6.45) is 0. The van der Waals surface area contributed by atoms with Gasteiger partial charge in [0.1, 0.15) is 6.04 Å². The zero-order chi connectivity index (χ0) is 17.4. The van der Waals surface area contributed by atoms with Crippen molar-refractivity contribution in [2.45, 2.75) is 33.7 Å². The van der Waals surface area contributed by atoms with Crippen LogP contribution in [0.4, 0.5) is 0 Å². The molecule has 128 valence electrons. The number of carbonyl (C=O) groups excluding carboxylic acids is 3. The second-order valence-electron chi connectivity index (χ2n) is 5.98. The lowest BCUT2D eigenvalue weighted by molar-refractivity contribution is -0.151. The van der Waals surface area contributed by atoms with Crippen LogP contribution in [0.15, 0.2) is 17.5 Å². The molecule has 0 aliphatic carbocycles. The minimum Gasteiger partial charge on any atom is -0.454 e. The molecule has 1 heterocycles. The number of thiophene rings is 1. The molecule has 1 aromatic heterocycles. The standard InChI is InChI=1S/C16H24N2O4S/c1-10(2)8-17-13(19)9-22-16(21)14(11(3)4)18-15(20)12-6-5-7-23-12/h5-7,10-11,14H,8-9H2,1-4H3,(H,17,19)(H,18,20). The van der Waals surface area contributed by atoms with E-state index >= 15 is 0 Å². The first-order chi connectivity index (χ1) is 10.8. The monoisotopic (exact) mass is 340 g/mol. The molecule has 2 amide bonds. The van der Waals surface area contributed by atoms with Crippen molar-refractivity contribution in [2.75, 3.05) is 13.2 Å². The number of hydrogen-bond acceptors (Lipinski definition) is 5. The van der Waals surface area contributed by atoms with E-state index in [0.29, 0.717) is 17.3 Å². The van der Waals surface area contributed by atoms with E-state index in [0.717, 1.165) is 0 Å². The van der Waals surface area contributed by atoms with Crippen LogP contribution in [0.5, 0.6) is 0 Å². The number of amides is 2. The summed E-state index contributed by atoms with van der Waals surface area (Å²) in [6, 6.07) is 2.66. The van der Waals surface area contributed by atoms with Crippen molar-refractivity contribution in [1.29, 1.82) is 0 Å². The topological polar surface area (TPSA) is 84.5 Å². The van der Waals surface area contributed by atoms with Crippen LogP contribution in [0.3, 0.4) is 0 Å². The van der Waals surface area contributed by atoms with Gasteiger partial charge in [-0.3, -0.25) is 9.59 Å². The van der Waals surface area contributed by atoms with Gasteiger partial charge in [-0.1, -0.05) is 33.8 Å². The number of rotatable bonds is 8. The fraction of sp³-hybridized carbons (Fsp3) is 0.562. The molecule has 23 heavy (non-hydrogen) atoms. The van der Waals surface area contributed by atoms with Crippen LogP contribution < -0.4 is 10.6 Å². The molecule has 2 N–H and O–H groups in total. The van der Waals surface area contributed by atoms with Gasteiger partial charge >= 0.3 is 5.97 Å². The van der Waals surface area contributed by atoms with Gasteiger partial charge in [0.25, 0.3) is 11.8 Å². The summed E-state index contributed by atoms with van der Waals surface area (Å²) in [5, 5.41) is 7.11. The van der Waals surface area contributed by atoms with Crippen molar-refractivity contribution in [3.05, 3.63) is 22.4 Å². The van der Waals surface area contributed by atoms with Gasteiger partial charge < -0.3 is 15.4 Å². The minimum atomic E-state index is -0.789. The smallest absolute Gasteiger partial charge is 0.329 e. The summed E-state index contributed by atoms with van der Waals surface area (Å²) in [5.74, 6) is -1.10. The van der Waals surface area contributed by atoms with E-state index in [1.54, 1.807) is 31.4 Å². The molecular weight excluding hydrogens is 316 g/mol. The molecule has 0 spiro atoms. The highest BCUT2D eigenvalue weighted by Gasteiger charge is 2.27. The molecule has 1 unspecified atom stereocenters. The Labute approximate surface area is 140 Å². The largest absolute Gasteiger partial charge is 0.454 e. The Morgan fingerprint density at radius 2 is 1.91 bits per heavy atom. The molecule has 0 aliphatic heterocycles. The van der Waals surface area contributed by atoms with Crippen LogP contribution in [0.25, 0.3) is 0 Å². The predicted molar refractivity (Wildman–Crippen MR) is 89.2 cm³/mol. The number of hydrogen-bond donors (Lipinski definition) is 2. The number of carbonyl (C=O) groups is 3. The number of esters is 1. The normalized spacial score (nSPS) is 12.1. The summed E-state index contributed by atoms with van der Waals surface area (Å²) < 4.78 is 5.02. The third-order valence-electron chi connectivity index (χ3n) is 3.01. The molecule has 0 fully saturated rings. The van der Waals surface area contributed by atoms with Gasteiger partial charge in [0.05, 0.1) is 4.88 Å². The molecule has 6 nitrogen and oxygen atoms in total. The maximum Gasteiger partial charge on any atom is 0.329 e. The average Bonchev–Trinajstić information content (AvgIpc) is 3.01. The Balaban J connectivity index is 2.51. The molecular formula is C16H24N2O4S. The van der Waals surface area contributed by atoms with E-state index in [2.05, 4.69) is 10.6 Å². The Kier molecular flexibility index (Phi) is 7.74. The van der Waals surface area contributed by atoms with Crippen LogP contribution in [0.2, 0.25) is 0 Å². The lowest BCUT2D eigenvalue weighted by Crippen LogP contribution is -2.46. The molecule has 1 rings (SSSR count). The van der Waals surface area contributed by atoms with E-state index in [1.807, 2.05) is 13.8 Å². The molecule has 1 aromatic rings. The summed E-state index contributed by atoms with van der Waals surface area (Å²) in [6.45, 7) is 7.74. The third kappa shape index (κ3) is 6.81. The first-order valence-electron chi connectivity index (χ1n) is 7.59. The first-order valence-corrected chi connectivity index (χ1v) is 8.47. The molecule has 0 radical (unpaired) electrons. The quantitative estimate of drug-likeness (QED) is 0.707. The summed E-state index contributed by atoms with van der Waals surface area (Å²) in [5.41, 5.74) is 0. The molecule has 0 saturated carbocycles. The average molecular weight is 340 g/mol. The fourth-order valence-electron chi connectivity index (χ4n) is 1.71. The van der Waals surface area contributed by atoms with Gasteiger partial charge in [-0.05, 0) is 23.3 Å². The van der Waals surface area contributed by atoms with E-state index in [4.69, 9.17) is 4.74 Å². The van der Waals surface area contributed by atoms with Gasteiger partial charge in [0, 0.05) is 6.54 Å². The van der Waals surface area contributed by atoms with Crippen LogP contribution >= 0.6 is 11.3 Å². The fourth-order valence-corrected chi connectivity index (χ4v) is 2.34.